The molecule has 27 heavy (non-hydrogen) atoms. The van der Waals surface area contributed by atoms with Crippen molar-refractivity contribution in [3.8, 4) is 5.75 Å². The van der Waals surface area contributed by atoms with Crippen molar-refractivity contribution in [3.63, 3.8) is 0 Å². The summed E-state index contributed by atoms with van der Waals surface area (Å²) in [5.74, 6) is -0.704. The first kappa shape index (κ1) is 19.0. The minimum absolute atomic E-state index is 0.144. The van der Waals surface area contributed by atoms with Crippen LogP contribution in [0.5, 0.6) is 5.75 Å². The van der Waals surface area contributed by atoms with Gasteiger partial charge in [-0.1, -0.05) is 12.1 Å². The van der Waals surface area contributed by atoms with Gasteiger partial charge in [-0.25, -0.2) is 4.79 Å². The minimum atomic E-state index is -0.827. The van der Waals surface area contributed by atoms with Gasteiger partial charge in [0, 0.05) is 6.42 Å². The molecule has 1 amide bonds. The van der Waals surface area contributed by atoms with Crippen LogP contribution in [0.2, 0.25) is 0 Å². The van der Waals surface area contributed by atoms with Crippen molar-refractivity contribution in [2.45, 2.75) is 39.3 Å². The number of esters is 1. The molecule has 0 radical (unpaired) electrons. The van der Waals surface area contributed by atoms with Gasteiger partial charge in [-0.05, 0) is 55.5 Å². The highest BCUT2D eigenvalue weighted by Crippen LogP contribution is 2.25. The van der Waals surface area contributed by atoms with Gasteiger partial charge in [0.25, 0.3) is 5.91 Å². The maximum atomic E-state index is 12.7. The molecular formula is C20H22N2O4S. The Bertz CT molecular complexity index is 956. The third-order valence-electron chi connectivity index (χ3n) is 4.10. The number of hydrogen-bond donors (Lipinski definition) is 3. The Balaban J connectivity index is 1.79. The summed E-state index contributed by atoms with van der Waals surface area (Å²) in [4.78, 5) is 28.3. The number of nitrogens with one attached hydrogen (secondary N) is 2. The van der Waals surface area contributed by atoms with Crippen LogP contribution in [-0.4, -0.2) is 34.1 Å². The standard InChI is InChI=1S/C20H22N2O4S/c1-11(2)26-20(25)16(8-13-4-6-14(23)7-5-13)22-19(24)15-9-17-18(21-15)12(3)10-27-17/h4-7,9-11,16,21,23H,8H2,1-3H3,(H,22,24)/t16-/m0/s1. The van der Waals surface area contributed by atoms with Gasteiger partial charge in [0.1, 0.15) is 17.5 Å². The van der Waals surface area contributed by atoms with E-state index >= 15 is 0 Å². The van der Waals surface area contributed by atoms with E-state index in [0.29, 0.717) is 5.69 Å². The zero-order valence-corrected chi connectivity index (χ0v) is 16.2. The molecule has 0 fully saturated rings. The Morgan fingerprint density at radius 2 is 1.96 bits per heavy atom. The SMILES string of the molecule is Cc1csc2cc(C(=O)N[C@@H](Cc3ccc(O)cc3)C(=O)OC(C)C)[nH]c12. The molecule has 2 heterocycles. The Morgan fingerprint density at radius 3 is 2.59 bits per heavy atom. The molecule has 3 rings (SSSR count). The highest BCUT2D eigenvalue weighted by Gasteiger charge is 2.25. The summed E-state index contributed by atoms with van der Waals surface area (Å²) in [6, 6.07) is 7.48. The van der Waals surface area contributed by atoms with E-state index in [4.69, 9.17) is 4.74 Å². The van der Waals surface area contributed by atoms with E-state index in [1.54, 1.807) is 55.5 Å². The van der Waals surface area contributed by atoms with Crippen LogP contribution in [0.4, 0.5) is 0 Å². The number of hydrogen-bond acceptors (Lipinski definition) is 5. The summed E-state index contributed by atoms with van der Waals surface area (Å²) >= 11 is 1.56. The number of carbonyl (C=O) groups is 2. The molecule has 0 aliphatic rings. The van der Waals surface area contributed by atoms with Gasteiger partial charge in [0.2, 0.25) is 0 Å². The average Bonchev–Trinajstić information content (AvgIpc) is 3.18. The summed E-state index contributed by atoms with van der Waals surface area (Å²) in [6.45, 7) is 5.50. The van der Waals surface area contributed by atoms with Gasteiger partial charge < -0.3 is 20.1 Å². The molecule has 0 aliphatic heterocycles. The predicted octanol–water partition coefficient (Wildman–Crippen LogP) is 3.54. The van der Waals surface area contributed by atoms with Crippen LogP contribution in [0.15, 0.2) is 35.7 Å². The van der Waals surface area contributed by atoms with Crippen molar-refractivity contribution in [2.24, 2.45) is 0 Å². The zero-order chi connectivity index (χ0) is 19.6. The van der Waals surface area contributed by atoms with E-state index in [9.17, 15) is 14.7 Å². The summed E-state index contributed by atoms with van der Waals surface area (Å²) < 4.78 is 6.29. The summed E-state index contributed by atoms with van der Waals surface area (Å²) in [5, 5.41) is 14.2. The van der Waals surface area contributed by atoms with E-state index < -0.39 is 12.0 Å². The second kappa shape index (κ2) is 7.84. The molecule has 3 aromatic rings. The molecule has 6 nitrogen and oxygen atoms in total. The van der Waals surface area contributed by atoms with Gasteiger partial charge in [0.15, 0.2) is 0 Å². The van der Waals surface area contributed by atoms with Gasteiger partial charge in [0.05, 0.1) is 16.3 Å². The van der Waals surface area contributed by atoms with Gasteiger partial charge in [-0.2, -0.15) is 0 Å². The molecule has 1 atom stereocenters. The number of rotatable bonds is 6. The number of fused-ring (bicyclic) bond motifs is 1. The third kappa shape index (κ3) is 4.49. The van der Waals surface area contributed by atoms with Gasteiger partial charge in [-0.15, -0.1) is 11.3 Å². The Hall–Kier alpha value is -2.80. The van der Waals surface area contributed by atoms with Crippen molar-refractivity contribution >= 4 is 33.4 Å². The molecule has 7 heteroatoms. The molecule has 142 valence electrons. The average molecular weight is 386 g/mol. The molecule has 0 bridgehead atoms. The Morgan fingerprint density at radius 1 is 1.26 bits per heavy atom. The number of phenols is 1. The van der Waals surface area contributed by atoms with Crippen molar-refractivity contribution in [1.82, 2.24) is 10.3 Å². The van der Waals surface area contributed by atoms with Crippen molar-refractivity contribution < 1.29 is 19.4 Å². The van der Waals surface area contributed by atoms with Crippen molar-refractivity contribution in [3.05, 3.63) is 52.5 Å². The van der Waals surface area contributed by atoms with Crippen LogP contribution in [0.25, 0.3) is 10.2 Å². The highest BCUT2D eigenvalue weighted by molar-refractivity contribution is 7.17. The molecule has 0 spiro atoms. The second-order valence-electron chi connectivity index (χ2n) is 6.72. The summed E-state index contributed by atoms with van der Waals surface area (Å²) in [7, 11) is 0. The number of carbonyl (C=O) groups excluding carboxylic acids is 2. The highest BCUT2D eigenvalue weighted by atomic mass is 32.1. The summed E-state index contributed by atoms with van der Waals surface area (Å²) in [5.41, 5.74) is 3.23. The molecule has 2 aromatic heterocycles. The fourth-order valence-corrected chi connectivity index (χ4v) is 3.70. The van der Waals surface area contributed by atoms with Crippen LogP contribution < -0.4 is 5.32 Å². The van der Waals surface area contributed by atoms with Crippen molar-refractivity contribution in [2.75, 3.05) is 0 Å². The molecule has 0 unspecified atom stereocenters. The van der Waals surface area contributed by atoms with Crippen LogP contribution in [0, 0.1) is 6.92 Å². The fraction of sp³-hybridized carbons (Fsp3) is 0.300. The first-order valence-electron chi connectivity index (χ1n) is 8.69. The number of benzene rings is 1. The Labute approximate surface area is 161 Å². The molecule has 0 aliphatic carbocycles. The van der Waals surface area contributed by atoms with Crippen LogP contribution >= 0.6 is 11.3 Å². The van der Waals surface area contributed by atoms with Crippen LogP contribution in [-0.2, 0) is 16.0 Å². The zero-order valence-electron chi connectivity index (χ0n) is 15.4. The lowest BCUT2D eigenvalue weighted by molar-refractivity contribution is -0.149. The number of aromatic amines is 1. The molecule has 0 saturated heterocycles. The maximum Gasteiger partial charge on any atom is 0.329 e. The second-order valence-corrected chi connectivity index (χ2v) is 7.63. The fourth-order valence-electron chi connectivity index (χ4n) is 2.77. The van der Waals surface area contributed by atoms with Gasteiger partial charge in [-0.3, -0.25) is 4.79 Å². The molecular weight excluding hydrogens is 364 g/mol. The third-order valence-corrected chi connectivity index (χ3v) is 5.15. The number of ether oxygens (including phenoxy) is 1. The summed E-state index contributed by atoms with van der Waals surface area (Å²) in [6.07, 6.45) is -0.0127. The van der Waals surface area contributed by atoms with E-state index in [1.807, 2.05) is 12.3 Å². The smallest absolute Gasteiger partial charge is 0.329 e. The number of aryl methyl sites for hydroxylation is 1. The number of H-pyrrole nitrogens is 1. The first-order chi connectivity index (χ1) is 12.8. The topological polar surface area (TPSA) is 91.4 Å². The maximum absolute atomic E-state index is 12.7. The van der Waals surface area contributed by atoms with E-state index in [0.717, 1.165) is 21.3 Å². The van der Waals surface area contributed by atoms with E-state index in [2.05, 4.69) is 10.3 Å². The molecule has 3 N–H and O–H groups in total. The number of thiophene rings is 1. The number of phenolic OH excluding ortho intramolecular Hbond substituents is 1. The number of aromatic hydroxyl groups is 1. The monoisotopic (exact) mass is 386 g/mol. The quantitative estimate of drug-likeness (QED) is 0.565. The number of aromatic nitrogens is 1. The molecule has 1 aromatic carbocycles. The van der Waals surface area contributed by atoms with E-state index in [-0.39, 0.29) is 24.2 Å². The lowest BCUT2D eigenvalue weighted by Gasteiger charge is -2.19. The van der Waals surface area contributed by atoms with E-state index in [1.165, 1.54) is 0 Å². The largest absolute Gasteiger partial charge is 0.508 e. The van der Waals surface area contributed by atoms with Crippen LogP contribution in [0.1, 0.15) is 35.5 Å². The predicted molar refractivity (Wildman–Crippen MR) is 105 cm³/mol. The number of amides is 1. The Kier molecular flexibility index (Phi) is 5.51. The molecule has 0 saturated carbocycles. The normalized spacial score (nSPS) is 12.3. The lowest BCUT2D eigenvalue weighted by atomic mass is 10.1. The van der Waals surface area contributed by atoms with Crippen LogP contribution in [0.3, 0.4) is 0 Å². The van der Waals surface area contributed by atoms with Gasteiger partial charge >= 0.3 is 5.97 Å². The lowest BCUT2D eigenvalue weighted by Crippen LogP contribution is -2.44. The van der Waals surface area contributed by atoms with Crippen molar-refractivity contribution in [1.29, 1.82) is 0 Å². The first-order valence-corrected chi connectivity index (χ1v) is 9.57. The minimum Gasteiger partial charge on any atom is -0.508 e.